The van der Waals surface area contributed by atoms with Crippen molar-refractivity contribution in [1.82, 2.24) is 15.2 Å². The van der Waals surface area contributed by atoms with E-state index in [0.29, 0.717) is 10.6 Å². The molecule has 6 heteroatoms. The molecule has 2 aromatic carbocycles. The zero-order valence-electron chi connectivity index (χ0n) is 11.3. The smallest absolute Gasteiger partial charge is 0.151 e. The van der Waals surface area contributed by atoms with Crippen molar-refractivity contribution in [2.75, 3.05) is 0 Å². The quantitative estimate of drug-likeness (QED) is 0.526. The van der Waals surface area contributed by atoms with Crippen LogP contribution in [0.15, 0.2) is 48.7 Å². The highest BCUT2D eigenvalue weighted by Gasteiger charge is 2.13. The second kappa shape index (κ2) is 4.85. The van der Waals surface area contributed by atoms with Crippen molar-refractivity contribution in [3.8, 4) is 32.6 Å². The molecule has 0 atom stereocenters. The molecule has 2 heterocycles. The number of phenols is 2. The van der Waals surface area contributed by atoms with Crippen LogP contribution in [-0.2, 0) is 0 Å². The van der Waals surface area contributed by atoms with Crippen molar-refractivity contribution in [3.05, 3.63) is 48.7 Å². The number of nitrogens with one attached hydrogen (secondary N) is 1. The highest BCUT2D eigenvalue weighted by Crippen LogP contribution is 2.36. The van der Waals surface area contributed by atoms with Crippen LogP contribution in [-0.4, -0.2) is 25.4 Å². The molecule has 0 spiro atoms. The zero-order chi connectivity index (χ0) is 15.1. The van der Waals surface area contributed by atoms with Gasteiger partial charge in [-0.25, -0.2) is 0 Å². The first-order valence-corrected chi connectivity index (χ1v) is 7.46. The van der Waals surface area contributed by atoms with Gasteiger partial charge in [-0.1, -0.05) is 11.3 Å². The van der Waals surface area contributed by atoms with Gasteiger partial charge < -0.3 is 15.2 Å². The van der Waals surface area contributed by atoms with Gasteiger partial charge in [-0.3, -0.25) is 0 Å². The van der Waals surface area contributed by atoms with E-state index >= 15 is 0 Å². The summed E-state index contributed by atoms with van der Waals surface area (Å²) >= 11 is 1.40. The fourth-order valence-electron chi connectivity index (χ4n) is 2.34. The molecule has 5 nitrogen and oxygen atoms in total. The van der Waals surface area contributed by atoms with Crippen LogP contribution in [0, 0.1) is 0 Å². The molecule has 0 amide bonds. The summed E-state index contributed by atoms with van der Waals surface area (Å²) in [4.78, 5) is 3.15. The highest BCUT2D eigenvalue weighted by molar-refractivity contribution is 7.18. The number of H-pyrrole nitrogens is 1. The van der Waals surface area contributed by atoms with Crippen LogP contribution < -0.4 is 0 Å². The molecule has 22 heavy (non-hydrogen) atoms. The van der Waals surface area contributed by atoms with Crippen LogP contribution in [0.4, 0.5) is 0 Å². The number of aromatic hydroxyl groups is 2. The third-order valence-electron chi connectivity index (χ3n) is 3.44. The summed E-state index contributed by atoms with van der Waals surface area (Å²) in [6, 6.07) is 12.5. The van der Waals surface area contributed by atoms with Gasteiger partial charge >= 0.3 is 0 Å². The molecule has 0 bridgehead atoms. The second-order valence-corrected chi connectivity index (χ2v) is 5.87. The zero-order valence-corrected chi connectivity index (χ0v) is 12.1. The lowest BCUT2D eigenvalue weighted by Crippen LogP contribution is -1.78. The summed E-state index contributed by atoms with van der Waals surface area (Å²) in [5.74, 6) is 0.00712. The molecule has 4 aromatic rings. The Morgan fingerprint density at radius 1 is 0.909 bits per heavy atom. The average molecular weight is 309 g/mol. The van der Waals surface area contributed by atoms with Crippen molar-refractivity contribution in [3.63, 3.8) is 0 Å². The number of rotatable bonds is 2. The van der Waals surface area contributed by atoms with E-state index in [1.807, 2.05) is 30.5 Å². The van der Waals surface area contributed by atoms with E-state index in [-0.39, 0.29) is 11.5 Å². The van der Waals surface area contributed by atoms with E-state index < -0.39 is 0 Å². The van der Waals surface area contributed by atoms with E-state index in [1.165, 1.54) is 23.5 Å². The number of fused-ring (bicyclic) bond motifs is 1. The SMILES string of the molecule is Oc1ccc(-c2nnc(-c3ccc4[nH]ccc4c3)s2)c(O)c1. The Labute approximate surface area is 129 Å². The molecule has 0 aliphatic rings. The predicted octanol–water partition coefficient (Wildman–Crippen LogP) is 3.76. The number of aromatic amines is 1. The van der Waals surface area contributed by atoms with Gasteiger partial charge in [0, 0.05) is 28.7 Å². The normalized spacial score (nSPS) is 11.1. The average Bonchev–Trinajstić information content (AvgIpc) is 3.15. The summed E-state index contributed by atoms with van der Waals surface area (Å²) in [5.41, 5.74) is 2.61. The van der Waals surface area contributed by atoms with Crippen LogP contribution >= 0.6 is 11.3 Å². The first-order chi connectivity index (χ1) is 10.7. The lowest BCUT2D eigenvalue weighted by molar-refractivity contribution is 0.452. The van der Waals surface area contributed by atoms with E-state index in [9.17, 15) is 10.2 Å². The van der Waals surface area contributed by atoms with Crippen LogP contribution in [0.5, 0.6) is 11.5 Å². The maximum atomic E-state index is 9.91. The minimum atomic E-state index is -0.0104. The third-order valence-corrected chi connectivity index (χ3v) is 4.44. The number of hydrogen-bond acceptors (Lipinski definition) is 5. The van der Waals surface area contributed by atoms with Gasteiger partial charge in [-0.05, 0) is 36.4 Å². The maximum Gasteiger partial charge on any atom is 0.151 e. The van der Waals surface area contributed by atoms with E-state index in [1.54, 1.807) is 6.07 Å². The molecular weight excluding hydrogens is 298 g/mol. The lowest BCUT2D eigenvalue weighted by Gasteiger charge is -2.00. The van der Waals surface area contributed by atoms with Gasteiger partial charge in [0.05, 0.1) is 5.56 Å². The minimum absolute atomic E-state index is 0.0104. The number of nitrogens with zero attached hydrogens (tertiary/aromatic N) is 2. The first-order valence-electron chi connectivity index (χ1n) is 6.64. The van der Waals surface area contributed by atoms with Crippen LogP contribution in [0.2, 0.25) is 0 Å². The van der Waals surface area contributed by atoms with Gasteiger partial charge in [0.25, 0.3) is 0 Å². The summed E-state index contributed by atoms with van der Waals surface area (Å²) in [7, 11) is 0. The molecular formula is C16H11N3O2S. The Bertz CT molecular complexity index is 974. The first kappa shape index (κ1) is 12.8. The molecule has 0 saturated carbocycles. The lowest BCUT2D eigenvalue weighted by atomic mass is 10.2. The Morgan fingerprint density at radius 2 is 1.77 bits per heavy atom. The number of phenolic OH excluding ortho intramolecular Hbond substituents is 2. The molecule has 3 N–H and O–H groups in total. The van der Waals surface area contributed by atoms with E-state index in [4.69, 9.17) is 0 Å². The Morgan fingerprint density at radius 3 is 2.64 bits per heavy atom. The highest BCUT2D eigenvalue weighted by atomic mass is 32.1. The molecule has 0 unspecified atom stereocenters. The number of benzene rings is 2. The minimum Gasteiger partial charge on any atom is -0.508 e. The largest absolute Gasteiger partial charge is 0.508 e. The van der Waals surface area contributed by atoms with Gasteiger partial charge in [-0.2, -0.15) is 0 Å². The van der Waals surface area contributed by atoms with E-state index in [0.717, 1.165) is 21.5 Å². The molecule has 0 aliphatic carbocycles. The molecule has 108 valence electrons. The van der Waals surface area contributed by atoms with Gasteiger partial charge in [0.2, 0.25) is 0 Å². The molecule has 0 saturated heterocycles. The van der Waals surface area contributed by atoms with Gasteiger partial charge in [-0.15, -0.1) is 10.2 Å². The Kier molecular flexibility index (Phi) is 2.83. The molecule has 4 rings (SSSR count). The summed E-state index contributed by atoms with van der Waals surface area (Å²) < 4.78 is 0. The van der Waals surface area contributed by atoms with Crippen LogP contribution in [0.25, 0.3) is 32.0 Å². The topological polar surface area (TPSA) is 82.0 Å². The molecule has 0 radical (unpaired) electrons. The number of hydrogen-bond donors (Lipinski definition) is 3. The molecule has 2 aromatic heterocycles. The fraction of sp³-hybridized carbons (Fsp3) is 0. The van der Waals surface area contributed by atoms with Crippen molar-refractivity contribution in [2.45, 2.75) is 0 Å². The van der Waals surface area contributed by atoms with Crippen molar-refractivity contribution in [2.24, 2.45) is 0 Å². The fourth-order valence-corrected chi connectivity index (χ4v) is 3.21. The van der Waals surface area contributed by atoms with Crippen LogP contribution in [0.1, 0.15) is 0 Å². The third kappa shape index (κ3) is 2.10. The van der Waals surface area contributed by atoms with Gasteiger partial charge in [0.15, 0.2) is 5.01 Å². The summed E-state index contributed by atoms with van der Waals surface area (Å²) in [6.45, 7) is 0. The summed E-state index contributed by atoms with van der Waals surface area (Å²) in [5, 5.41) is 30.1. The standard InChI is InChI=1S/C16H11N3O2S/c20-11-2-3-12(14(21)8-11)16-19-18-15(22-16)10-1-4-13-9(7-10)5-6-17-13/h1-8,17,20-21H. The Hall–Kier alpha value is -2.86. The molecule has 0 fully saturated rings. The predicted molar refractivity (Wildman–Crippen MR) is 86.0 cm³/mol. The van der Waals surface area contributed by atoms with Crippen molar-refractivity contribution in [1.29, 1.82) is 0 Å². The van der Waals surface area contributed by atoms with Crippen molar-refractivity contribution < 1.29 is 10.2 Å². The number of aromatic nitrogens is 3. The van der Waals surface area contributed by atoms with Crippen molar-refractivity contribution >= 4 is 22.2 Å². The summed E-state index contributed by atoms with van der Waals surface area (Å²) in [6.07, 6.45) is 1.90. The van der Waals surface area contributed by atoms with E-state index in [2.05, 4.69) is 15.2 Å². The Balaban J connectivity index is 1.77. The second-order valence-electron chi connectivity index (χ2n) is 4.89. The maximum absolute atomic E-state index is 9.91. The van der Waals surface area contributed by atoms with Crippen LogP contribution in [0.3, 0.4) is 0 Å². The monoisotopic (exact) mass is 309 g/mol. The molecule has 0 aliphatic heterocycles. The van der Waals surface area contributed by atoms with Gasteiger partial charge in [0.1, 0.15) is 16.5 Å².